The molecule has 0 aliphatic carbocycles. The van der Waals surface area contributed by atoms with Crippen LogP contribution in [0.25, 0.3) is 15.4 Å². The second-order valence-corrected chi connectivity index (χ2v) is 11.2. The first-order valence-electron chi connectivity index (χ1n) is 11.9. The van der Waals surface area contributed by atoms with E-state index in [2.05, 4.69) is 15.8 Å². The lowest BCUT2D eigenvalue weighted by Gasteiger charge is -2.32. The summed E-state index contributed by atoms with van der Waals surface area (Å²) in [5, 5.41) is 24.6. The highest BCUT2D eigenvalue weighted by Gasteiger charge is 2.31. The molecule has 2 aliphatic rings. The molecule has 2 saturated heterocycles. The number of nitrogens with zero attached hydrogens (tertiary/aromatic N) is 6. The molecule has 1 N–H and O–H groups in total. The van der Waals surface area contributed by atoms with Crippen molar-refractivity contribution in [1.82, 2.24) is 9.97 Å². The average Bonchev–Trinajstić information content (AvgIpc) is 3.56. The Morgan fingerprint density at radius 3 is 2.61 bits per heavy atom. The number of halogens is 1. The fourth-order valence-electron chi connectivity index (χ4n) is 4.66. The number of hydrogen-bond acceptors (Lipinski definition) is 8. The van der Waals surface area contributed by atoms with E-state index in [1.165, 1.54) is 11.8 Å². The van der Waals surface area contributed by atoms with Crippen LogP contribution in [0.5, 0.6) is 0 Å². The summed E-state index contributed by atoms with van der Waals surface area (Å²) in [5.41, 5.74) is 3.50. The van der Waals surface area contributed by atoms with Crippen molar-refractivity contribution in [3.05, 3.63) is 57.3 Å². The minimum atomic E-state index is -0.433. The molecule has 184 valence electrons. The van der Waals surface area contributed by atoms with E-state index in [9.17, 15) is 10.4 Å². The summed E-state index contributed by atoms with van der Waals surface area (Å²) >= 11 is 9.07. The quantitative estimate of drug-likeness (QED) is 0.299. The molecule has 2 aliphatic heterocycles. The highest BCUT2D eigenvalue weighted by atomic mass is 35.5. The zero-order valence-electron chi connectivity index (χ0n) is 19.7. The third-order valence-corrected chi connectivity index (χ3v) is 8.65. The van der Waals surface area contributed by atoms with Gasteiger partial charge in [-0.05, 0) is 37.8 Å². The molecule has 0 spiro atoms. The lowest BCUT2D eigenvalue weighted by atomic mass is 10.1. The SMILES string of the molecule is [C-]#[N+]c1c(N2CCC(O)C2)nc(SCc2csc(-c3ccc(Cl)cc3)n2)c(C#N)c1N1CCCCC1. The maximum atomic E-state index is 10.2. The first-order chi connectivity index (χ1) is 17.6. The largest absolute Gasteiger partial charge is 0.391 e. The lowest BCUT2D eigenvalue weighted by molar-refractivity contribution is 0.198. The maximum absolute atomic E-state index is 10.2. The van der Waals surface area contributed by atoms with Crippen molar-refractivity contribution in [3.63, 3.8) is 0 Å². The molecule has 0 radical (unpaired) electrons. The molecule has 10 heteroatoms. The van der Waals surface area contributed by atoms with Crippen LogP contribution < -0.4 is 9.80 Å². The number of anilines is 2. The van der Waals surface area contributed by atoms with Crippen molar-refractivity contribution in [2.24, 2.45) is 0 Å². The van der Waals surface area contributed by atoms with Crippen LogP contribution in [0.1, 0.15) is 36.9 Å². The number of benzene rings is 1. The number of thiazole rings is 1. The Labute approximate surface area is 224 Å². The Bertz CT molecular complexity index is 1320. The summed E-state index contributed by atoms with van der Waals surface area (Å²) < 4.78 is 0. The van der Waals surface area contributed by atoms with Crippen LogP contribution in [-0.4, -0.2) is 47.4 Å². The number of β-amino-alcohol motifs (C(OH)–C–C–N with tert-alkyl or cyclic N) is 1. The van der Waals surface area contributed by atoms with Gasteiger partial charge in [-0.1, -0.05) is 35.5 Å². The first kappa shape index (κ1) is 24.9. The Morgan fingerprint density at radius 1 is 1.17 bits per heavy atom. The van der Waals surface area contributed by atoms with Gasteiger partial charge >= 0.3 is 0 Å². The molecule has 36 heavy (non-hydrogen) atoms. The second-order valence-electron chi connectivity index (χ2n) is 8.91. The number of aromatic nitrogens is 2. The highest BCUT2D eigenvalue weighted by molar-refractivity contribution is 7.98. The van der Waals surface area contributed by atoms with Crippen molar-refractivity contribution in [1.29, 1.82) is 5.26 Å². The van der Waals surface area contributed by atoms with Gasteiger partial charge in [0.15, 0.2) is 0 Å². The van der Waals surface area contributed by atoms with Crippen LogP contribution >= 0.6 is 34.7 Å². The van der Waals surface area contributed by atoms with E-state index in [-0.39, 0.29) is 0 Å². The van der Waals surface area contributed by atoms with E-state index < -0.39 is 6.10 Å². The van der Waals surface area contributed by atoms with E-state index in [0.29, 0.717) is 58.1 Å². The smallest absolute Gasteiger partial charge is 0.252 e. The van der Waals surface area contributed by atoms with Gasteiger partial charge in [0.25, 0.3) is 5.69 Å². The molecule has 5 rings (SSSR count). The zero-order chi connectivity index (χ0) is 25.1. The highest BCUT2D eigenvalue weighted by Crippen LogP contribution is 2.45. The number of rotatable bonds is 6. The molecule has 1 unspecified atom stereocenters. The molecule has 1 aromatic carbocycles. The van der Waals surface area contributed by atoms with Crippen LogP contribution in [0.2, 0.25) is 5.02 Å². The topological polar surface area (TPSA) is 80.6 Å². The van der Waals surface area contributed by atoms with E-state index in [0.717, 1.165) is 48.6 Å². The van der Waals surface area contributed by atoms with Crippen molar-refractivity contribution < 1.29 is 5.11 Å². The third kappa shape index (κ3) is 5.16. The molecule has 2 fully saturated rings. The number of hydrogen-bond donors (Lipinski definition) is 1. The number of nitriles is 1. The van der Waals surface area contributed by atoms with Gasteiger partial charge in [-0.2, -0.15) is 5.26 Å². The zero-order valence-corrected chi connectivity index (χ0v) is 22.0. The molecule has 1 atom stereocenters. The second kappa shape index (κ2) is 11.1. The fourth-order valence-corrected chi connectivity index (χ4v) is 6.59. The van der Waals surface area contributed by atoms with E-state index in [1.54, 1.807) is 11.3 Å². The number of thioether (sulfide) groups is 1. The number of pyridine rings is 1. The molecule has 0 amide bonds. The summed E-state index contributed by atoms with van der Waals surface area (Å²) in [5.74, 6) is 1.13. The molecule has 0 saturated carbocycles. The average molecular weight is 537 g/mol. The van der Waals surface area contributed by atoms with Gasteiger partial charge < -0.3 is 14.9 Å². The normalized spacial score (nSPS) is 17.7. The van der Waals surface area contributed by atoms with Crippen molar-refractivity contribution in [3.8, 4) is 16.6 Å². The Balaban J connectivity index is 1.49. The van der Waals surface area contributed by atoms with Crippen LogP contribution in [0, 0.1) is 17.9 Å². The van der Waals surface area contributed by atoms with E-state index >= 15 is 0 Å². The fraction of sp³-hybridized carbons (Fsp3) is 0.385. The van der Waals surface area contributed by atoms with Gasteiger partial charge in [0.2, 0.25) is 0 Å². The minimum absolute atomic E-state index is 0.422. The molecule has 2 aromatic heterocycles. The molecule has 7 nitrogen and oxygen atoms in total. The summed E-state index contributed by atoms with van der Waals surface area (Å²) in [6.07, 6.45) is 3.45. The molecule has 0 bridgehead atoms. The number of aliphatic hydroxyl groups excluding tert-OH is 1. The predicted molar refractivity (Wildman–Crippen MR) is 146 cm³/mol. The van der Waals surface area contributed by atoms with Gasteiger partial charge in [0, 0.05) is 47.9 Å². The summed E-state index contributed by atoms with van der Waals surface area (Å²) in [7, 11) is 0. The van der Waals surface area contributed by atoms with E-state index in [1.807, 2.05) is 34.5 Å². The Kier molecular flexibility index (Phi) is 7.64. The maximum Gasteiger partial charge on any atom is 0.252 e. The van der Waals surface area contributed by atoms with Crippen LogP contribution in [-0.2, 0) is 5.75 Å². The van der Waals surface area contributed by atoms with Gasteiger partial charge in [-0.15, -0.1) is 11.3 Å². The minimum Gasteiger partial charge on any atom is -0.391 e. The van der Waals surface area contributed by atoms with Crippen LogP contribution in [0.4, 0.5) is 17.2 Å². The van der Waals surface area contributed by atoms with E-state index in [4.69, 9.17) is 28.1 Å². The van der Waals surface area contributed by atoms with Crippen LogP contribution in [0.15, 0.2) is 34.7 Å². The van der Waals surface area contributed by atoms with Crippen molar-refractivity contribution >= 4 is 51.9 Å². The van der Waals surface area contributed by atoms with Gasteiger partial charge in [0.05, 0.1) is 29.6 Å². The standard InChI is InChI=1S/C26H25ClN6OS2/c1-29-22-23(32-10-3-2-4-11-32)21(13-28)26(31-24(22)33-12-9-20(34)14-33)36-16-19-15-35-25(30-19)17-5-7-18(27)8-6-17/h5-8,15,20,34H,2-4,9-12,14,16H2. The van der Waals surface area contributed by atoms with Gasteiger partial charge in [-0.3, -0.25) is 0 Å². The third-order valence-electron chi connectivity index (χ3n) is 6.45. The van der Waals surface area contributed by atoms with Gasteiger partial charge in [0.1, 0.15) is 21.9 Å². The summed E-state index contributed by atoms with van der Waals surface area (Å²) in [6.45, 7) is 10.7. The Hall–Kier alpha value is -2.82. The predicted octanol–water partition coefficient (Wildman–Crippen LogP) is 6.13. The first-order valence-corrected chi connectivity index (χ1v) is 14.2. The molecular formula is C26H25ClN6OS2. The Morgan fingerprint density at radius 2 is 1.94 bits per heavy atom. The summed E-state index contributed by atoms with van der Waals surface area (Å²) in [4.78, 5) is 17.7. The lowest BCUT2D eigenvalue weighted by Crippen LogP contribution is -2.31. The molecule has 3 aromatic rings. The van der Waals surface area contributed by atoms with Crippen molar-refractivity contribution in [2.45, 2.75) is 42.6 Å². The monoisotopic (exact) mass is 536 g/mol. The summed E-state index contributed by atoms with van der Waals surface area (Å²) in [6, 6.07) is 9.99. The number of aliphatic hydroxyl groups is 1. The van der Waals surface area contributed by atoms with Gasteiger partial charge in [-0.25, -0.2) is 14.8 Å². The number of piperidine rings is 1. The van der Waals surface area contributed by atoms with Crippen molar-refractivity contribution in [2.75, 3.05) is 36.0 Å². The van der Waals surface area contributed by atoms with Crippen LogP contribution in [0.3, 0.4) is 0 Å². The molecule has 4 heterocycles. The molecular weight excluding hydrogens is 512 g/mol.